The number of benzene rings is 3. The van der Waals surface area contributed by atoms with Gasteiger partial charge in [-0.1, -0.05) is 30.3 Å². The summed E-state index contributed by atoms with van der Waals surface area (Å²) in [5.74, 6) is -2.67. The molecule has 1 aliphatic heterocycles. The zero-order valence-corrected chi connectivity index (χ0v) is 19.8. The number of hydrogen-bond donors (Lipinski definition) is 1. The fraction of sp³-hybridized carbons (Fsp3) is 0.345. The summed E-state index contributed by atoms with van der Waals surface area (Å²) in [5, 5.41) is 9.78. The Labute approximate surface area is 207 Å². The van der Waals surface area contributed by atoms with Gasteiger partial charge in [-0.15, -0.1) is 0 Å². The first-order chi connectivity index (χ1) is 17.3. The average molecular weight is 497 g/mol. The zero-order valence-electron chi connectivity index (χ0n) is 19.8. The van der Waals surface area contributed by atoms with Crippen molar-refractivity contribution < 1.29 is 32.5 Å². The van der Waals surface area contributed by atoms with Gasteiger partial charge < -0.3 is 14.6 Å². The first kappa shape index (κ1) is 24.5. The number of esters is 1. The minimum Gasteiger partial charge on any atom is -0.423 e. The van der Waals surface area contributed by atoms with Crippen molar-refractivity contribution >= 4 is 5.97 Å². The number of halogens is 3. The highest BCUT2D eigenvalue weighted by Crippen LogP contribution is 2.40. The van der Waals surface area contributed by atoms with Crippen LogP contribution < -0.4 is 4.74 Å². The maximum atomic E-state index is 15.0. The Kier molecular flexibility index (Phi) is 6.86. The SMILES string of the molecule is CC(O)C1CCC(c2ccc(-c3ccc(OC(=O)c4ccc(C5CO5)c(F)c4)cc3)c(F)c2F)CC1. The molecule has 2 atom stereocenters. The fourth-order valence-electron chi connectivity index (χ4n) is 5.03. The molecule has 1 saturated carbocycles. The molecule has 0 radical (unpaired) electrons. The van der Waals surface area contributed by atoms with Crippen molar-refractivity contribution in [1.82, 2.24) is 0 Å². The van der Waals surface area contributed by atoms with Crippen molar-refractivity contribution in [2.45, 2.75) is 50.7 Å². The van der Waals surface area contributed by atoms with Crippen LogP contribution in [0.3, 0.4) is 0 Å². The number of aliphatic hydroxyl groups is 1. The van der Waals surface area contributed by atoms with Crippen molar-refractivity contribution in [3.05, 3.63) is 88.7 Å². The van der Waals surface area contributed by atoms with Gasteiger partial charge in [0.25, 0.3) is 0 Å². The monoisotopic (exact) mass is 496 g/mol. The molecule has 7 heteroatoms. The molecule has 0 aromatic heterocycles. The molecule has 1 aliphatic carbocycles. The van der Waals surface area contributed by atoms with Crippen molar-refractivity contribution in [2.24, 2.45) is 5.92 Å². The predicted octanol–water partition coefficient (Wildman–Crippen LogP) is 6.72. The molecular weight excluding hydrogens is 469 g/mol. The molecule has 1 N–H and O–H groups in total. The number of hydrogen-bond acceptors (Lipinski definition) is 4. The first-order valence-electron chi connectivity index (χ1n) is 12.2. The summed E-state index contributed by atoms with van der Waals surface area (Å²) < 4.78 is 54.6. The third-order valence-corrected chi connectivity index (χ3v) is 7.30. The van der Waals surface area contributed by atoms with Gasteiger partial charge in [0, 0.05) is 11.1 Å². The highest BCUT2D eigenvalue weighted by molar-refractivity contribution is 5.91. The number of carbonyl (C=O) groups excluding carboxylic acids is 1. The smallest absolute Gasteiger partial charge is 0.343 e. The van der Waals surface area contributed by atoms with Gasteiger partial charge in [0.15, 0.2) is 11.6 Å². The Morgan fingerprint density at radius 3 is 2.22 bits per heavy atom. The normalized spacial score (nSPS) is 22.2. The highest BCUT2D eigenvalue weighted by Gasteiger charge is 2.29. The second-order valence-electron chi connectivity index (χ2n) is 9.65. The topological polar surface area (TPSA) is 59.1 Å². The number of aliphatic hydroxyl groups excluding tert-OH is 1. The molecule has 3 aromatic rings. The molecule has 1 heterocycles. The lowest BCUT2D eigenvalue weighted by molar-refractivity contribution is 0.0734. The largest absolute Gasteiger partial charge is 0.423 e. The van der Waals surface area contributed by atoms with Gasteiger partial charge in [-0.05, 0) is 79.8 Å². The van der Waals surface area contributed by atoms with Crippen LogP contribution >= 0.6 is 0 Å². The van der Waals surface area contributed by atoms with E-state index < -0.39 is 23.4 Å². The van der Waals surface area contributed by atoms with Gasteiger partial charge in [-0.3, -0.25) is 0 Å². The van der Waals surface area contributed by atoms with E-state index in [0.717, 1.165) is 18.9 Å². The standard InChI is InChI=1S/C29H27F3O4/c1-16(33)17-2-4-18(5-3-17)22-12-13-23(28(32)27(22)31)19-6-9-21(10-7-19)36-29(34)20-8-11-24(25(30)14-20)26-15-35-26/h6-14,16-18,26,33H,2-5,15H2,1H3. The van der Waals surface area contributed by atoms with Gasteiger partial charge in [-0.25, -0.2) is 18.0 Å². The summed E-state index contributed by atoms with van der Waals surface area (Å²) in [4.78, 5) is 12.4. The molecule has 0 spiro atoms. The maximum Gasteiger partial charge on any atom is 0.343 e. The third kappa shape index (κ3) is 5.04. The lowest BCUT2D eigenvalue weighted by Crippen LogP contribution is -2.23. The Morgan fingerprint density at radius 2 is 1.61 bits per heavy atom. The van der Waals surface area contributed by atoms with Crippen molar-refractivity contribution in [2.75, 3.05) is 6.61 Å². The van der Waals surface area contributed by atoms with E-state index in [9.17, 15) is 14.3 Å². The molecule has 5 rings (SSSR count). The van der Waals surface area contributed by atoms with Crippen LogP contribution in [-0.2, 0) is 4.74 Å². The summed E-state index contributed by atoms with van der Waals surface area (Å²) >= 11 is 0. The fourth-order valence-corrected chi connectivity index (χ4v) is 5.03. The minimum atomic E-state index is -0.912. The van der Waals surface area contributed by atoms with E-state index in [1.54, 1.807) is 31.2 Å². The van der Waals surface area contributed by atoms with Crippen LogP contribution in [0.1, 0.15) is 66.1 Å². The summed E-state index contributed by atoms with van der Waals surface area (Å²) in [5.41, 5.74) is 1.40. The number of rotatable bonds is 6. The molecule has 2 fully saturated rings. The van der Waals surface area contributed by atoms with Gasteiger partial charge >= 0.3 is 5.97 Å². The molecule has 2 aliphatic rings. The van der Waals surface area contributed by atoms with Crippen LogP contribution in [-0.4, -0.2) is 23.8 Å². The molecule has 3 aromatic carbocycles. The van der Waals surface area contributed by atoms with Crippen LogP contribution in [0.25, 0.3) is 11.1 Å². The molecule has 188 valence electrons. The molecule has 0 amide bonds. The summed E-state index contributed by atoms with van der Waals surface area (Å²) in [6, 6.07) is 13.4. The maximum absolute atomic E-state index is 15.0. The lowest BCUT2D eigenvalue weighted by atomic mass is 9.76. The summed E-state index contributed by atoms with van der Waals surface area (Å²) in [6.45, 7) is 2.24. The Morgan fingerprint density at radius 1 is 0.944 bits per heavy atom. The second kappa shape index (κ2) is 10.1. The molecule has 0 bridgehead atoms. The van der Waals surface area contributed by atoms with E-state index in [1.165, 1.54) is 24.3 Å². The van der Waals surface area contributed by atoms with Gasteiger partial charge in [0.2, 0.25) is 0 Å². The lowest BCUT2D eigenvalue weighted by Gasteiger charge is -2.30. The van der Waals surface area contributed by atoms with E-state index in [1.807, 2.05) is 0 Å². The van der Waals surface area contributed by atoms with Gasteiger partial charge in [0.1, 0.15) is 17.7 Å². The average Bonchev–Trinajstić information content (AvgIpc) is 3.72. The molecule has 2 unspecified atom stereocenters. The van der Waals surface area contributed by atoms with E-state index in [2.05, 4.69) is 0 Å². The Hall–Kier alpha value is -3.16. The zero-order chi connectivity index (χ0) is 25.4. The van der Waals surface area contributed by atoms with E-state index in [-0.39, 0.29) is 40.9 Å². The molecule has 36 heavy (non-hydrogen) atoms. The van der Waals surface area contributed by atoms with Gasteiger partial charge in [-0.2, -0.15) is 0 Å². The third-order valence-electron chi connectivity index (χ3n) is 7.30. The van der Waals surface area contributed by atoms with Crippen LogP contribution in [0, 0.1) is 23.4 Å². The Balaban J connectivity index is 1.27. The number of ether oxygens (including phenoxy) is 2. The molecule has 1 saturated heterocycles. The van der Waals surface area contributed by atoms with Crippen molar-refractivity contribution in [3.63, 3.8) is 0 Å². The van der Waals surface area contributed by atoms with Crippen molar-refractivity contribution in [3.8, 4) is 16.9 Å². The van der Waals surface area contributed by atoms with Gasteiger partial charge in [0.05, 0.1) is 18.3 Å². The predicted molar refractivity (Wildman–Crippen MR) is 128 cm³/mol. The van der Waals surface area contributed by atoms with Crippen LogP contribution in [0.15, 0.2) is 54.6 Å². The first-order valence-corrected chi connectivity index (χ1v) is 12.2. The van der Waals surface area contributed by atoms with Crippen LogP contribution in [0.4, 0.5) is 13.2 Å². The second-order valence-corrected chi connectivity index (χ2v) is 9.65. The van der Waals surface area contributed by atoms with E-state index in [4.69, 9.17) is 9.47 Å². The van der Waals surface area contributed by atoms with Crippen LogP contribution in [0.2, 0.25) is 0 Å². The van der Waals surface area contributed by atoms with Crippen molar-refractivity contribution in [1.29, 1.82) is 0 Å². The quantitative estimate of drug-likeness (QED) is 0.234. The summed E-state index contributed by atoms with van der Waals surface area (Å²) in [7, 11) is 0. The Bertz CT molecular complexity index is 1260. The highest BCUT2D eigenvalue weighted by atomic mass is 19.2. The summed E-state index contributed by atoms with van der Waals surface area (Å²) in [6.07, 6.45) is 2.36. The van der Waals surface area contributed by atoms with E-state index in [0.29, 0.717) is 36.1 Å². The molecular formula is C29H27F3O4. The van der Waals surface area contributed by atoms with Crippen LogP contribution in [0.5, 0.6) is 5.75 Å². The van der Waals surface area contributed by atoms with E-state index >= 15 is 8.78 Å². The minimum absolute atomic E-state index is 0.0622. The number of carbonyl (C=O) groups is 1. The molecule has 4 nitrogen and oxygen atoms in total. The number of epoxide rings is 1.